The molecule has 1 rings (SSSR count). The summed E-state index contributed by atoms with van der Waals surface area (Å²) < 4.78 is 37.3. The van der Waals surface area contributed by atoms with Gasteiger partial charge >= 0.3 is 16.4 Å². The average molecular weight is 408 g/mol. The van der Waals surface area contributed by atoms with Gasteiger partial charge in [-0.05, 0) is 45.0 Å². The molecule has 1 aromatic rings. The van der Waals surface area contributed by atoms with Gasteiger partial charge < -0.3 is 4.74 Å². The third-order valence-corrected chi connectivity index (χ3v) is 4.04. The van der Waals surface area contributed by atoms with Crippen molar-refractivity contribution in [3.8, 4) is 0 Å². The zero-order chi connectivity index (χ0) is 20.1. The zero-order valence-electron chi connectivity index (χ0n) is 14.9. The van der Waals surface area contributed by atoms with Crippen LogP contribution in [-0.2, 0) is 19.8 Å². The second-order valence-corrected chi connectivity index (χ2v) is 8.07. The van der Waals surface area contributed by atoms with Gasteiger partial charge in [-0.15, -0.1) is 11.6 Å². The van der Waals surface area contributed by atoms with Gasteiger partial charge in [-0.25, -0.2) is 4.79 Å². The first-order valence-corrected chi connectivity index (χ1v) is 9.48. The monoisotopic (exact) mass is 407 g/mol. The first kappa shape index (κ1) is 22.0. The highest BCUT2D eigenvalue weighted by Gasteiger charge is 2.25. The minimum atomic E-state index is -4.41. The maximum atomic E-state index is 12.4. The molecule has 0 spiro atoms. The van der Waals surface area contributed by atoms with Crippen molar-refractivity contribution in [3.63, 3.8) is 0 Å². The van der Waals surface area contributed by atoms with Crippen LogP contribution in [0.2, 0.25) is 0 Å². The van der Waals surface area contributed by atoms with E-state index in [1.54, 1.807) is 20.8 Å². The molecule has 146 valence electrons. The number of amides is 2. The van der Waals surface area contributed by atoms with Crippen LogP contribution < -0.4 is 14.7 Å². The van der Waals surface area contributed by atoms with E-state index in [0.29, 0.717) is 4.31 Å². The molecule has 0 saturated carbocycles. The van der Waals surface area contributed by atoms with Crippen LogP contribution >= 0.6 is 11.6 Å². The van der Waals surface area contributed by atoms with E-state index >= 15 is 0 Å². The van der Waals surface area contributed by atoms with Crippen LogP contribution in [0.4, 0.5) is 16.2 Å². The summed E-state index contributed by atoms with van der Waals surface area (Å²) in [6, 6.07) is 5.49. The SMILES string of the molecule is CN(c1ccc(N(NC(=O)CCCl)C(=O)OC(C)(C)C)cc1)S(=O)(=O)O. The van der Waals surface area contributed by atoms with Gasteiger partial charge in [-0.2, -0.15) is 13.4 Å². The number of rotatable bonds is 5. The molecule has 0 aliphatic rings. The Bertz CT molecular complexity index is 746. The first-order chi connectivity index (χ1) is 11.8. The molecule has 0 bridgehead atoms. The summed E-state index contributed by atoms with van der Waals surface area (Å²) in [5.41, 5.74) is 1.99. The molecule has 0 fully saturated rings. The third kappa shape index (κ3) is 6.70. The van der Waals surface area contributed by atoms with E-state index < -0.39 is 27.9 Å². The molecule has 0 aliphatic heterocycles. The molecule has 0 heterocycles. The maximum Gasteiger partial charge on any atom is 0.434 e. The van der Waals surface area contributed by atoms with E-state index in [0.717, 1.165) is 12.1 Å². The zero-order valence-corrected chi connectivity index (χ0v) is 16.5. The molecule has 11 heteroatoms. The number of alkyl halides is 1. The second-order valence-electron chi connectivity index (χ2n) is 6.25. The highest BCUT2D eigenvalue weighted by atomic mass is 35.5. The van der Waals surface area contributed by atoms with Crippen molar-refractivity contribution in [1.29, 1.82) is 0 Å². The average Bonchev–Trinajstić information content (AvgIpc) is 2.50. The van der Waals surface area contributed by atoms with E-state index in [4.69, 9.17) is 20.9 Å². The molecule has 0 unspecified atom stereocenters. The van der Waals surface area contributed by atoms with Crippen molar-refractivity contribution < 1.29 is 27.3 Å². The standard InChI is InChI=1S/C15H22ClN3O6S/c1-15(2,3)25-14(21)19(17-13(20)9-10-16)12-7-5-11(6-8-12)18(4)26(22,23)24/h5-8H,9-10H2,1-4H3,(H,17,20)(H,22,23,24). The predicted molar refractivity (Wildman–Crippen MR) is 98.6 cm³/mol. The van der Waals surface area contributed by atoms with E-state index in [-0.39, 0.29) is 23.7 Å². The van der Waals surface area contributed by atoms with Crippen molar-refractivity contribution in [1.82, 2.24) is 5.43 Å². The van der Waals surface area contributed by atoms with Gasteiger partial charge in [-0.1, -0.05) is 0 Å². The van der Waals surface area contributed by atoms with E-state index in [9.17, 15) is 18.0 Å². The first-order valence-electron chi connectivity index (χ1n) is 7.55. The Balaban J connectivity index is 3.13. The largest absolute Gasteiger partial charge is 0.442 e. The predicted octanol–water partition coefficient (Wildman–Crippen LogP) is 2.33. The number of nitrogens with one attached hydrogen (secondary N) is 1. The highest BCUT2D eigenvalue weighted by molar-refractivity contribution is 7.87. The van der Waals surface area contributed by atoms with Gasteiger partial charge in [0.15, 0.2) is 0 Å². The van der Waals surface area contributed by atoms with Crippen LogP contribution in [0.1, 0.15) is 27.2 Å². The Morgan fingerprint density at radius 3 is 2.12 bits per heavy atom. The van der Waals surface area contributed by atoms with Crippen molar-refractivity contribution >= 4 is 45.3 Å². The van der Waals surface area contributed by atoms with E-state index in [1.807, 2.05) is 0 Å². The summed E-state index contributed by atoms with van der Waals surface area (Å²) in [7, 11) is -3.25. The number of hydrogen-bond acceptors (Lipinski definition) is 5. The molecular weight excluding hydrogens is 386 g/mol. The van der Waals surface area contributed by atoms with Crippen LogP contribution in [-0.4, -0.2) is 43.5 Å². The minimum absolute atomic E-state index is 0.00949. The highest BCUT2D eigenvalue weighted by Crippen LogP contribution is 2.22. The van der Waals surface area contributed by atoms with Gasteiger partial charge in [0.05, 0.1) is 11.4 Å². The lowest BCUT2D eigenvalue weighted by atomic mass is 10.2. The lowest BCUT2D eigenvalue weighted by Crippen LogP contribution is -2.48. The number of hydrogen-bond donors (Lipinski definition) is 2. The van der Waals surface area contributed by atoms with Crippen LogP contribution in [0.5, 0.6) is 0 Å². The summed E-state index contributed by atoms with van der Waals surface area (Å²) in [6.45, 7) is 5.02. The molecule has 2 N–H and O–H groups in total. The van der Waals surface area contributed by atoms with Crippen LogP contribution in [0.25, 0.3) is 0 Å². The van der Waals surface area contributed by atoms with Gasteiger partial charge in [0.2, 0.25) is 5.91 Å². The number of carbonyl (C=O) groups is 2. The van der Waals surface area contributed by atoms with Gasteiger partial charge in [-0.3, -0.25) is 19.1 Å². The smallest absolute Gasteiger partial charge is 0.434 e. The summed E-state index contributed by atoms with van der Waals surface area (Å²) in [4.78, 5) is 24.2. The van der Waals surface area contributed by atoms with E-state index in [2.05, 4.69) is 5.43 Å². The Morgan fingerprint density at radius 1 is 1.19 bits per heavy atom. The van der Waals surface area contributed by atoms with Crippen LogP contribution in [0.15, 0.2) is 24.3 Å². The number of anilines is 2. The Hall–Kier alpha value is -2.04. The molecule has 0 saturated heterocycles. The Morgan fingerprint density at radius 2 is 1.69 bits per heavy atom. The quantitative estimate of drug-likeness (QED) is 0.439. The molecule has 0 aromatic heterocycles. The molecule has 0 radical (unpaired) electrons. The van der Waals surface area contributed by atoms with Crippen LogP contribution in [0, 0.1) is 0 Å². The van der Waals surface area contributed by atoms with E-state index in [1.165, 1.54) is 24.3 Å². The number of hydrazine groups is 1. The maximum absolute atomic E-state index is 12.4. The Kier molecular flexibility index (Phi) is 7.25. The van der Waals surface area contributed by atoms with Gasteiger partial charge in [0.25, 0.3) is 0 Å². The van der Waals surface area contributed by atoms with Crippen molar-refractivity contribution in [2.75, 3.05) is 22.2 Å². The number of benzene rings is 1. The lowest BCUT2D eigenvalue weighted by Gasteiger charge is -2.27. The van der Waals surface area contributed by atoms with Gasteiger partial charge in [0, 0.05) is 19.3 Å². The summed E-state index contributed by atoms with van der Waals surface area (Å²) in [6.07, 6.45) is -0.832. The number of ether oxygens (including phenoxy) is 1. The molecule has 1 aromatic carbocycles. The molecule has 9 nitrogen and oxygen atoms in total. The van der Waals surface area contributed by atoms with Crippen molar-refractivity contribution in [3.05, 3.63) is 24.3 Å². The fourth-order valence-corrected chi connectivity index (χ4v) is 2.29. The van der Waals surface area contributed by atoms with Crippen molar-refractivity contribution in [2.45, 2.75) is 32.8 Å². The second kappa shape index (κ2) is 8.56. The summed E-state index contributed by atoms with van der Waals surface area (Å²) in [5, 5.41) is 0.900. The topological polar surface area (TPSA) is 116 Å². The Labute approximate surface area is 157 Å². The van der Waals surface area contributed by atoms with Gasteiger partial charge in [0.1, 0.15) is 5.60 Å². The van der Waals surface area contributed by atoms with Crippen molar-refractivity contribution in [2.24, 2.45) is 0 Å². The minimum Gasteiger partial charge on any atom is -0.442 e. The number of nitrogens with zero attached hydrogens (tertiary/aromatic N) is 2. The molecule has 0 aliphatic carbocycles. The molecule has 26 heavy (non-hydrogen) atoms. The number of carbonyl (C=O) groups excluding carboxylic acids is 2. The fourth-order valence-electron chi connectivity index (χ4n) is 1.73. The normalized spacial score (nSPS) is 11.6. The summed E-state index contributed by atoms with van der Waals surface area (Å²) >= 11 is 5.53. The third-order valence-electron chi connectivity index (χ3n) is 2.95. The molecule has 2 amide bonds. The summed E-state index contributed by atoms with van der Waals surface area (Å²) in [5.74, 6) is -0.420. The molecule has 0 atom stereocenters. The fraction of sp³-hybridized carbons (Fsp3) is 0.467. The molecular formula is C15H22ClN3O6S. The van der Waals surface area contributed by atoms with Crippen LogP contribution in [0.3, 0.4) is 0 Å². The number of halogens is 1. The lowest BCUT2D eigenvalue weighted by molar-refractivity contribution is -0.120.